The molecular weight excluding hydrogens is 928 g/mol. The molecule has 0 fully saturated rings. The van der Waals surface area contributed by atoms with Crippen molar-refractivity contribution in [1.82, 2.24) is 5.32 Å². The number of ether oxygens (including phenoxy) is 1. The van der Waals surface area contributed by atoms with Gasteiger partial charge in [0.2, 0.25) is 5.91 Å². The maximum Gasteiger partial charge on any atom is 0.306 e. The Morgan fingerprint density at radius 3 is 1.18 bits per heavy atom. The van der Waals surface area contributed by atoms with Crippen LogP contribution < -0.4 is 10.2 Å². The molecule has 0 saturated carbocycles. The second kappa shape index (κ2) is 53.9. The van der Waals surface area contributed by atoms with E-state index in [1.165, 1.54) is 212 Å². The van der Waals surface area contributed by atoms with Gasteiger partial charge in [0.25, 0.3) is 7.82 Å². The van der Waals surface area contributed by atoms with Crippen LogP contribution >= 0.6 is 7.82 Å². The van der Waals surface area contributed by atoms with Gasteiger partial charge in [-0.1, -0.05) is 270 Å². The van der Waals surface area contributed by atoms with Crippen LogP contribution in [0.4, 0.5) is 0 Å². The fourth-order valence-electron chi connectivity index (χ4n) is 9.46. The van der Waals surface area contributed by atoms with Crippen LogP contribution in [0.3, 0.4) is 0 Å². The largest absolute Gasteiger partial charge is 0.756 e. The quantitative estimate of drug-likeness (QED) is 0.0212. The van der Waals surface area contributed by atoms with Crippen LogP contribution in [0.15, 0.2) is 24.3 Å². The molecule has 0 aromatic carbocycles. The van der Waals surface area contributed by atoms with E-state index in [1.54, 1.807) is 0 Å². The van der Waals surface area contributed by atoms with Crippen molar-refractivity contribution in [2.75, 3.05) is 40.9 Å². The minimum atomic E-state index is -4.69. The summed E-state index contributed by atoms with van der Waals surface area (Å²) in [6.07, 6.45) is 62.8. The maximum absolute atomic E-state index is 13.5. The Labute approximate surface area is 454 Å². The van der Waals surface area contributed by atoms with E-state index in [0.29, 0.717) is 17.4 Å². The number of unbranched alkanes of at least 4 members (excludes halogenated alkanes) is 40. The molecule has 0 aliphatic rings. The number of esters is 1. The number of nitrogens with zero attached hydrogens (tertiary/aromatic N) is 1. The van der Waals surface area contributed by atoms with Gasteiger partial charge in [0.1, 0.15) is 19.3 Å². The topological polar surface area (TPSA) is 114 Å². The van der Waals surface area contributed by atoms with Crippen molar-refractivity contribution >= 4 is 19.7 Å². The Kier molecular flexibility index (Phi) is 52.8. The van der Waals surface area contributed by atoms with Gasteiger partial charge in [0.15, 0.2) is 0 Å². The molecule has 3 atom stereocenters. The predicted octanol–water partition coefficient (Wildman–Crippen LogP) is 18.7. The van der Waals surface area contributed by atoms with E-state index < -0.39 is 20.0 Å². The Balaban J connectivity index is 5.23. The van der Waals surface area contributed by atoms with Crippen molar-refractivity contribution in [1.29, 1.82) is 0 Å². The number of likely N-dealkylation sites (N-methyl/N-ethyl adjacent to an activating group) is 1. The van der Waals surface area contributed by atoms with E-state index in [2.05, 4.69) is 38.2 Å². The van der Waals surface area contributed by atoms with Crippen LogP contribution in [-0.2, 0) is 27.9 Å². The minimum Gasteiger partial charge on any atom is -0.756 e. The number of hydrogen-bond donors (Lipinski definition) is 1. The van der Waals surface area contributed by atoms with Crippen LogP contribution in [0.1, 0.15) is 316 Å². The van der Waals surface area contributed by atoms with Crippen molar-refractivity contribution in [2.45, 2.75) is 328 Å². The third kappa shape index (κ3) is 55.1. The molecule has 1 N–H and O–H groups in total. The van der Waals surface area contributed by atoms with Crippen molar-refractivity contribution in [3.63, 3.8) is 0 Å². The van der Waals surface area contributed by atoms with Gasteiger partial charge >= 0.3 is 5.97 Å². The third-order valence-corrected chi connectivity index (χ3v) is 15.3. The summed E-state index contributed by atoms with van der Waals surface area (Å²) in [6.45, 7) is 6.88. The first-order valence-electron chi connectivity index (χ1n) is 31.6. The number of carbonyl (C=O) groups is 2. The summed E-state index contributed by atoms with van der Waals surface area (Å²) >= 11 is 0. The second-order valence-corrected chi connectivity index (χ2v) is 24.3. The molecule has 3 unspecified atom stereocenters. The highest BCUT2D eigenvalue weighted by molar-refractivity contribution is 7.45. The first-order chi connectivity index (χ1) is 35.4. The van der Waals surface area contributed by atoms with E-state index in [0.717, 1.165) is 70.6 Å². The standard InChI is InChI=1S/C63H123N2O7P/c1-7-10-13-16-19-22-25-28-30-31-32-33-35-37-40-43-46-49-52-55-62(66)64-60(59-71-73(68,69)70-58-57-65(4,5)6)61(54-51-48-45-42-39-36-27-24-21-18-15-12-9-3)72-63(67)56-53-50-47-44-41-38-34-29-26-23-20-17-14-11-8-2/h23,26,51,54,60-61H,7-22,24-25,27-50,52-53,55-59H2,1-6H3,(H-,64,66,68,69)/b26-23-,54-51+. The number of allylic oxidation sites excluding steroid dienone is 3. The Bertz CT molecular complexity index is 1300. The zero-order valence-corrected chi connectivity index (χ0v) is 50.3. The van der Waals surface area contributed by atoms with Crippen molar-refractivity contribution in [2.24, 2.45) is 0 Å². The second-order valence-electron chi connectivity index (χ2n) is 22.9. The summed E-state index contributed by atoms with van der Waals surface area (Å²) in [4.78, 5) is 40.0. The molecule has 0 bridgehead atoms. The van der Waals surface area contributed by atoms with E-state index in [9.17, 15) is 19.0 Å². The number of nitrogens with one attached hydrogen (secondary N) is 1. The molecule has 0 aliphatic heterocycles. The number of hydrogen-bond acceptors (Lipinski definition) is 7. The SMILES string of the molecule is CCCCCC/C=C\CCCCCCCCCC(=O)OC(/C=C/CCCCCCCCCCCCC)C(COP(=O)([O-])OCC[N+](C)(C)C)NC(=O)CCCCCCCCCCCCCCCCCCCCC. The fourth-order valence-corrected chi connectivity index (χ4v) is 10.2. The number of quaternary nitrogens is 1. The van der Waals surface area contributed by atoms with Crippen LogP contribution in [-0.4, -0.2) is 69.4 Å². The van der Waals surface area contributed by atoms with Gasteiger partial charge < -0.3 is 28.5 Å². The average molecular weight is 1050 g/mol. The molecule has 0 radical (unpaired) electrons. The minimum absolute atomic E-state index is 0.0193. The molecule has 0 spiro atoms. The maximum atomic E-state index is 13.5. The van der Waals surface area contributed by atoms with Crippen LogP contribution in [0, 0.1) is 0 Å². The van der Waals surface area contributed by atoms with Gasteiger partial charge in [-0.2, -0.15) is 0 Å². The van der Waals surface area contributed by atoms with Crippen molar-refractivity contribution in [3.05, 3.63) is 24.3 Å². The molecule has 432 valence electrons. The van der Waals surface area contributed by atoms with Gasteiger partial charge in [-0.05, 0) is 57.4 Å². The third-order valence-electron chi connectivity index (χ3n) is 14.4. The smallest absolute Gasteiger partial charge is 0.306 e. The molecule has 9 nitrogen and oxygen atoms in total. The Morgan fingerprint density at radius 2 is 0.795 bits per heavy atom. The Morgan fingerprint density at radius 1 is 0.466 bits per heavy atom. The zero-order chi connectivity index (χ0) is 53.6. The summed E-state index contributed by atoms with van der Waals surface area (Å²) in [7, 11) is 1.20. The summed E-state index contributed by atoms with van der Waals surface area (Å²) < 4.78 is 30.3. The van der Waals surface area contributed by atoms with E-state index in [1.807, 2.05) is 33.3 Å². The lowest BCUT2D eigenvalue weighted by molar-refractivity contribution is -0.870. The highest BCUT2D eigenvalue weighted by Gasteiger charge is 2.27. The average Bonchev–Trinajstić information content (AvgIpc) is 3.35. The molecule has 10 heteroatoms. The van der Waals surface area contributed by atoms with Crippen LogP contribution in [0.5, 0.6) is 0 Å². The van der Waals surface area contributed by atoms with Gasteiger partial charge in [0, 0.05) is 12.8 Å². The lowest BCUT2D eigenvalue weighted by Crippen LogP contribution is -2.47. The first-order valence-corrected chi connectivity index (χ1v) is 33.1. The van der Waals surface area contributed by atoms with Crippen molar-refractivity contribution < 1.29 is 37.3 Å². The van der Waals surface area contributed by atoms with Crippen LogP contribution in [0.25, 0.3) is 0 Å². The van der Waals surface area contributed by atoms with E-state index >= 15 is 0 Å². The normalized spacial score (nSPS) is 13.8. The molecular formula is C63H123N2O7P. The number of phosphoric acid groups is 1. The van der Waals surface area contributed by atoms with E-state index in [4.69, 9.17) is 13.8 Å². The highest BCUT2D eigenvalue weighted by Crippen LogP contribution is 2.38. The molecule has 0 rings (SSSR count). The van der Waals surface area contributed by atoms with Gasteiger partial charge in [-0.3, -0.25) is 14.2 Å². The molecule has 0 heterocycles. The molecule has 0 saturated heterocycles. The monoisotopic (exact) mass is 1050 g/mol. The molecule has 0 aromatic rings. The van der Waals surface area contributed by atoms with E-state index in [-0.39, 0.29) is 31.5 Å². The zero-order valence-electron chi connectivity index (χ0n) is 49.4. The molecule has 0 aliphatic carbocycles. The van der Waals surface area contributed by atoms with Crippen LogP contribution in [0.2, 0.25) is 0 Å². The number of rotatable bonds is 58. The number of carbonyl (C=O) groups excluding carboxylic acids is 2. The molecule has 0 aromatic heterocycles. The van der Waals surface area contributed by atoms with Gasteiger partial charge in [-0.25, -0.2) is 0 Å². The summed E-state index contributed by atoms with van der Waals surface area (Å²) in [5.41, 5.74) is 0. The molecule has 1 amide bonds. The lowest BCUT2D eigenvalue weighted by Gasteiger charge is -2.30. The lowest BCUT2D eigenvalue weighted by atomic mass is 10.0. The number of phosphoric ester groups is 1. The summed E-state index contributed by atoms with van der Waals surface area (Å²) in [6, 6.07) is -0.884. The number of amides is 1. The van der Waals surface area contributed by atoms with Gasteiger partial charge in [0.05, 0.1) is 33.8 Å². The van der Waals surface area contributed by atoms with Crippen molar-refractivity contribution in [3.8, 4) is 0 Å². The Hall–Kier alpha value is -1.51. The summed E-state index contributed by atoms with van der Waals surface area (Å²) in [5.74, 6) is -0.529. The summed E-state index contributed by atoms with van der Waals surface area (Å²) in [5, 5.41) is 3.04. The fraction of sp³-hybridized carbons (Fsp3) is 0.905. The first kappa shape index (κ1) is 71.5. The predicted molar refractivity (Wildman–Crippen MR) is 312 cm³/mol. The molecule has 73 heavy (non-hydrogen) atoms. The highest BCUT2D eigenvalue weighted by atomic mass is 31.2. The van der Waals surface area contributed by atoms with Gasteiger partial charge in [-0.15, -0.1) is 0 Å².